The lowest BCUT2D eigenvalue weighted by Gasteiger charge is -2.09. The minimum absolute atomic E-state index is 0.0599. The maximum absolute atomic E-state index is 13.5. The first-order valence-electron chi connectivity index (χ1n) is 5.30. The van der Waals surface area contributed by atoms with E-state index in [4.69, 9.17) is 11.6 Å². The van der Waals surface area contributed by atoms with E-state index in [0.29, 0.717) is 10.6 Å². The highest BCUT2D eigenvalue weighted by molar-refractivity contribution is 7.84. The van der Waals surface area contributed by atoms with Crippen molar-refractivity contribution >= 4 is 28.4 Å². The zero-order chi connectivity index (χ0) is 13.7. The number of methoxy groups -OCH3 is 1. The normalized spacial score (nSPS) is 14.0. The number of carbonyl (C=O) groups excluding carboxylic acids is 1. The maximum atomic E-state index is 13.5. The lowest BCUT2D eigenvalue weighted by Crippen LogP contribution is -2.20. The van der Waals surface area contributed by atoms with Gasteiger partial charge in [-0.2, -0.15) is 0 Å². The fourth-order valence-electron chi connectivity index (χ4n) is 1.42. The van der Waals surface area contributed by atoms with Crippen LogP contribution in [0.2, 0.25) is 5.02 Å². The van der Waals surface area contributed by atoms with Gasteiger partial charge in [-0.1, -0.05) is 24.6 Å². The standard InChI is InChI=1S/C12H14ClFO3S/c1-8(12(15)17-2)6-18(16)7-9-3-4-10(13)5-11(9)14/h3-5,8H,6-7H2,1-2H3. The van der Waals surface area contributed by atoms with Gasteiger partial charge in [0.2, 0.25) is 0 Å². The molecule has 0 bridgehead atoms. The minimum atomic E-state index is -1.32. The van der Waals surface area contributed by atoms with Crippen molar-refractivity contribution in [2.75, 3.05) is 12.9 Å². The van der Waals surface area contributed by atoms with Gasteiger partial charge in [0.1, 0.15) is 5.82 Å². The van der Waals surface area contributed by atoms with Crippen molar-refractivity contribution in [1.29, 1.82) is 0 Å². The van der Waals surface area contributed by atoms with Crippen molar-refractivity contribution in [3.8, 4) is 0 Å². The van der Waals surface area contributed by atoms with Gasteiger partial charge in [0.05, 0.1) is 18.8 Å². The summed E-state index contributed by atoms with van der Waals surface area (Å²) in [6.45, 7) is 1.63. The predicted octanol–water partition coefficient (Wildman–Crippen LogP) is 2.54. The molecule has 0 spiro atoms. The van der Waals surface area contributed by atoms with Crippen LogP contribution in [0.25, 0.3) is 0 Å². The summed E-state index contributed by atoms with van der Waals surface area (Å²) >= 11 is 5.62. The molecule has 0 aromatic heterocycles. The predicted molar refractivity (Wildman–Crippen MR) is 69.3 cm³/mol. The summed E-state index contributed by atoms with van der Waals surface area (Å²) in [5, 5.41) is 0.296. The highest BCUT2D eigenvalue weighted by atomic mass is 35.5. The molecule has 100 valence electrons. The molecule has 6 heteroatoms. The molecule has 2 unspecified atom stereocenters. The molecule has 1 rings (SSSR count). The van der Waals surface area contributed by atoms with Gasteiger partial charge in [0, 0.05) is 27.1 Å². The Labute approximate surface area is 113 Å². The van der Waals surface area contributed by atoms with E-state index in [1.54, 1.807) is 13.0 Å². The number of benzene rings is 1. The van der Waals surface area contributed by atoms with E-state index in [2.05, 4.69) is 4.74 Å². The third-order valence-electron chi connectivity index (χ3n) is 2.37. The van der Waals surface area contributed by atoms with Crippen LogP contribution >= 0.6 is 11.6 Å². The van der Waals surface area contributed by atoms with Crippen LogP contribution in [0.5, 0.6) is 0 Å². The fraction of sp³-hybridized carbons (Fsp3) is 0.417. The Balaban J connectivity index is 2.62. The monoisotopic (exact) mass is 292 g/mol. The van der Waals surface area contributed by atoms with E-state index < -0.39 is 28.5 Å². The SMILES string of the molecule is COC(=O)C(C)CS(=O)Cc1ccc(Cl)cc1F. The van der Waals surface area contributed by atoms with Crippen LogP contribution < -0.4 is 0 Å². The van der Waals surface area contributed by atoms with E-state index >= 15 is 0 Å². The summed E-state index contributed by atoms with van der Waals surface area (Å²) < 4.78 is 29.8. The zero-order valence-corrected chi connectivity index (χ0v) is 11.7. The highest BCUT2D eigenvalue weighted by Crippen LogP contribution is 2.16. The minimum Gasteiger partial charge on any atom is -0.469 e. The molecular formula is C12H14ClFO3S. The molecule has 0 saturated heterocycles. The fourth-order valence-corrected chi connectivity index (χ4v) is 2.97. The van der Waals surface area contributed by atoms with Crippen molar-refractivity contribution in [2.24, 2.45) is 5.92 Å². The average molecular weight is 293 g/mol. The van der Waals surface area contributed by atoms with Crippen molar-refractivity contribution in [2.45, 2.75) is 12.7 Å². The van der Waals surface area contributed by atoms with Gasteiger partial charge in [-0.25, -0.2) is 4.39 Å². The van der Waals surface area contributed by atoms with E-state index in [1.807, 2.05) is 0 Å². The number of hydrogen-bond donors (Lipinski definition) is 0. The molecule has 3 nitrogen and oxygen atoms in total. The summed E-state index contributed by atoms with van der Waals surface area (Å²) in [5.41, 5.74) is 0.329. The van der Waals surface area contributed by atoms with Gasteiger partial charge in [0.15, 0.2) is 0 Å². The summed E-state index contributed by atoms with van der Waals surface area (Å²) in [6.07, 6.45) is 0. The smallest absolute Gasteiger partial charge is 0.309 e. The van der Waals surface area contributed by atoms with Crippen LogP contribution in [0.3, 0.4) is 0 Å². The van der Waals surface area contributed by atoms with Crippen LogP contribution in [-0.2, 0) is 26.1 Å². The molecule has 1 aromatic rings. The van der Waals surface area contributed by atoms with Crippen LogP contribution in [0.1, 0.15) is 12.5 Å². The van der Waals surface area contributed by atoms with E-state index in [-0.39, 0.29) is 11.5 Å². The summed E-state index contributed by atoms with van der Waals surface area (Å²) in [4.78, 5) is 11.2. The molecule has 0 aliphatic carbocycles. The summed E-state index contributed by atoms with van der Waals surface area (Å²) in [7, 11) is -0.0457. The summed E-state index contributed by atoms with van der Waals surface area (Å²) in [5.74, 6) is -1.16. The molecule has 0 aliphatic rings. The van der Waals surface area contributed by atoms with Crippen LogP contribution in [-0.4, -0.2) is 23.0 Å². The van der Waals surface area contributed by atoms with Gasteiger partial charge >= 0.3 is 5.97 Å². The second-order valence-electron chi connectivity index (χ2n) is 3.91. The van der Waals surface area contributed by atoms with Gasteiger partial charge < -0.3 is 4.74 Å². The summed E-state index contributed by atoms with van der Waals surface area (Å²) in [6, 6.07) is 4.22. The zero-order valence-electron chi connectivity index (χ0n) is 10.1. The Hall–Kier alpha value is -0.940. The average Bonchev–Trinajstić information content (AvgIpc) is 2.31. The third-order valence-corrected chi connectivity index (χ3v) is 4.11. The molecule has 1 aromatic carbocycles. The number of carbonyl (C=O) groups is 1. The van der Waals surface area contributed by atoms with Crippen molar-refractivity contribution in [3.05, 3.63) is 34.6 Å². The van der Waals surface area contributed by atoms with Crippen molar-refractivity contribution in [1.82, 2.24) is 0 Å². The number of ether oxygens (including phenoxy) is 1. The second kappa shape index (κ2) is 6.85. The Morgan fingerprint density at radius 1 is 1.56 bits per heavy atom. The first kappa shape index (κ1) is 15.1. The Bertz CT molecular complexity index is 465. The maximum Gasteiger partial charge on any atom is 0.309 e. The topological polar surface area (TPSA) is 43.4 Å². The molecular weight excluding hydrogens is 279 g/mol. The number of hydrogen-bond acceptors (Lipinski definition) is 3. The quantitative estimate of drug-likeness (QED) is 0.783. The van der Waals surface area contributed by atoms with Crippen LogP contribution in [0, 0.1) is 11.7 Å². The molecule has 0 fully saturated rings. The van der Waals surface area contributed by atoms with Gasteiger partial charge in [-0.05, 0) is 12.1 Å². The third kappa shape index (κ3) is 4.38. The molecule has 0 saturated carbocycles. The van der Waals surface area contributed by atoms with Gasteiger partial charge in [-0.3, -0.25) is 9.00 Å². The van der Waals surface area contributed by atoms with Crippen molar-refractivity contribution in [3.63, 3.8) is 0 Å². The first-order valence-corrected chi connectivity index (χ1v) is 7.17. The number of rotatable bonds is 5. The molecule has 0 radical (unpaired) electrons. The Morgan fingerprint density at radius 2 is 2.22 bits per heavy atom. The molecule has 18 heavy (non-hydrogen) atoms. The van der Waals surface area contributed by atoms with Crippen LogP contribution in [0.15, 0.2) is 18.2 Å². The van der Waals surface area contributed by atoms with Gasteiger partial charge in [-0.15, -0.1) is 0 Å². The Kier molecular flexibility index (Phi) is 5.75. The second-order valence-corrected chi connectivity index (χ2v) is 5.85. The number of halogens is 2. The molecule has 0 amide bonds. The lowest BCUT2D eigenvalue weighted by atomic mass is 10.2. The van der Waals surface area contributed by atoms with E-state index in [0.717, 1.165) is 0 Å². The molecule has 2 atom stereocenters. The highest BCUT2D eigenvalue weighted by Gasteiger charge is 2.17. The van der Waals surface area contributed by atoms with Crippen molar-refractivity contribution < 1.29 is 18.1 Å². The van der Waals surface area contributed by atoms with Gasteiger partial charge in [0.25, 0.3) is 0 Å². The van der Waals surface area contributed by atoms with Crippen LogP contribution in [0.4, 0.5) is 4.39 Å². The molecule has 0 N–H and O–H groups in total. The largest absolute Gasteiger partial charge is 0.469 e. The molecule has 0 aliphatic heterocycles. The Morgan fingerprint density at radius 3 is 2.78 bits per heavy atom. The molecule has 0 heterocycles. The lowest BCUT2D eigenvalue weighted by molar-refractivity contribution is -0.144. The van der Waals surface area contributed by atoms with E-state index in [9.17, 15) is 13.4 Å². The first-order chi connectivity index (χ1) is 8.43. The number of esters is 1. The van der Waals surface area contributed by atoms with E-state index in [1.165, 1.54) is 19.2 Å².